The van der Waals surface area contributed by atoms with Crippen molar-refractivity contribution in [1.29, 1.82) is 0 Å². The number of ether oxygens (including phenoxy) is 3. The summed E-state index contributed by atoms with van der Waals surface area (Å²) in [5.41, 5.74) is 2.65. The average molecular weight is 529 g/mol. The molecule has 1 saturated heterocycles. The quantitative estimate of drug-likeness (QED) is 0.513. The number of esters is 1. The molecule has 1 aromatic carbocycles. The van der Waals surface area contributed by atoms with Gasteiger partial charge in [-0.15, -0.1) is 0 Å². The summed E-state index contributed by atoms with van der Waals surface area (Å²) in [5.74, 6) is -0.681. The number of aliphatic hydroxyl groups excluding tert-OH is 1. The van der Waals surface area contributed by atoms with E-state index in [2.05, 4.69) is 67.5 Å². The first-order valence-corrected chi connectivity index (χ1v) is 14.4. The molecule has 0 spiro atoms. The molecule has 8 unspecified atom stereocenters. The van der Waals surface area contributed by atoms with Gasteiger partial charge in [0.15, 0.2) is 6.29 Å². The Bertz CT molecular complexity index is 1130. The van der Waals surface area contributed by atoms with Crippen molar-refractivity contribution >= 4 is 5.97 Å². The molecule has 0 radical (unpaired) electrons. The summed E-state index contributed by atoms with van der Waals surface area (Å²) in [6.45, 7) is 19.7. The SMILES string of the molecule is CC(=O)OC1CC(C)C2C(OCc3c(C)ccc4c3C(C)(CO)CC4(C)C)OCC3(C)CC(C)(C)C1C23O. The van der Waals surface area contributed by atoms with Gasteiger partial charge in [0.25, 0.3) is 0 Å². The maximum atomic E-state index is 12.7. The molecule has 8 atom stereocenters. The second-order valence-electron chi connectivity index (χ2n) is 15.0. The molecule has 0 bridgehead atoms. The number of carbonyl (C=O) groups excluding carboxylic acids is 1. The molecule has 6 nitrogen and oxygen atoms in total. The largest absolute Gasteiger partial charge is 0.462 e. The molecule has 6 heteroatoms. The summed E-state index contributed by atoms with van der Waals surface area (Å²) in [5, 5.41) is 23.2. The van der Waals surface area contributed by atoms with Gasteiger partial charge in [0.1, 0.15) is 6.10 Å². The van der Waals surface area contributed by atoms with Crippen molar-refractivity contribution in [2.45, 2.75) is 117 Å². The summed E-state index contributed by atoms with van der Waals surface area (Å²) in [4.78, 5) is 12.0. The third kappa shape index (κ3) is 3.84. The van der Waals surface area contributed by atoms with E-state index in [1.807, 2.05) is 0 Å². The van der Waals surface area contributed by atoms with Gasteiger partial charge in [0.05, 0.1) is 25.4 Å². The highest BCUT2D eigenvalue weighted by Gasteiger charge is 2.75. The van der Waals surface area contributed by atoms with E-state index in [-0.39, 0.29) is 52.7 Å². The van der Waals surface area contributed by atoms with Crippen LogP contribution in [0.3, 0.4) is 0 Å². The molecule has 3 fully saturated rings. The molecule has 212 valence electrons. The Hall–Kier alpha value is -1.47. The Labute approximate surface area is 228 Å². The summed E-state index contributed by atoms with van der Waals surface area (Å²) < 4.78 is 19.0. The normalized spacial score (nSPS) is 42.4. The van der Waals surface area contributed by atoms with Crippen LogP contribution in [0.5, 0.6) is 0 Å². The van der Waals surface area contributed by atoms with Crippen LogP contribution in [-0.2, 0) is 36.4 Å². The Balaban J connectivity index is 1.50. The van der Waals surface area contributed by atoms with Crippen molar-refractivity contribution in [1.82, 2.24) is 0 Å². The van der Waals surface area contributed by atoms with Crippen LogP contribution >= 0.6 is 0 Å². The van der Waals surface area contributed by atoms with Gasteiger partial charge in [-0.2, -0.15) is 0 Å². The van der Waals surface area contributed by atoms with Gasteiger partial charge in [0.2, 0.25) is 0 Å². The Kier molecular flexibility index (Phi) is 6.47. The maximum Gasteiger partial charge on any atom is 0.302 e. The molecule has 3 aliphatic carbocycles. The predicted molar refractivity (Wildman–Crippen MR) is 146 cm³/mol. The molecule has 4 aliphatic rings. The van der Waals surface area contributed by atoms with E-state index in [1.165, 1.54) is 18.1 Å². The summed E-state index contributed by atoms with van der Waals surface area (Å²) in [6.07, 6.45) is 1.46. The molecule has 1 aromatic rings. The number of rotatable bonds is 5. The molecular formula is C32H48O6. The lowest BCUT2D eigenvalue weighted by Crippen LogP contribution is -2.69. The van der Waals surface area contributed by atoms with Crippen molar-refractivity contribution in [2.24, 2.45) is 28.6 Å². The zero-order valence-electron chi connectivity index (χ0n) is 24.8. The summed E-state index contributed by atoms with van der Waals surface area (Å²) >= 11 is 0. The van der Waals surface area contributed by atoms with Gasteiger partial charge in [-0.05, 0) is 65.2 Å². The van der Waals surface area contributed by atoms with Crippen LogP contribution in [0, 0.1) is 35.5 Å². The molecule has 2 N–H and O–H groups in total. The topological polar surface area (TPSA) is 85.2 Å². The lowest BCUT2D eigenvalue weighted by atomic mass is 9.54. The van der Waals surface area contributed by atoms with E-state index < -0.39 is 17.3 Å². The van der Waals surface area contributed by atoms with Gasteiger partial charge in [-0.3, -0.25) is 4.79 Å². The summed E-state index contributed by atoms with van der Waals surface area (Å²) in [7, 11) is 0. The van der Waals surface area contributed by atoms with Crippen molar-refractivity contribution in [3.63, 3.8) is 0 Å². The lowest BCUT2D eigenvalue weighted by molar-refractivity contribution is -0.331. The first-order chi connectivity index (χ1) is 17.5. The highest BCUT2D eigenvalue weighted by Crippen LogP contribution is 2.69. The number of fused-ring (bicyclic) bond motifs is 1. The first-order valence-electron chi connectivity index (χ1n) is 14.4. The zero-order chi connectivity index (χ0) is 28.1. The van der Waals surface area contributed by atoms with E-state index in [9.17, 15) is 15.0 Å². The van der Waals surface area contributed by atoms with E-state index in [0.29, 0.717) is 19.6 Å². The molecule has 2 saturated carbocycles. The second kappa shape index (κ2) is 8.76. The first kappa shape index (κ1) is 28.1. The standard InChI is InChI=1S/C32H48O6/c1-18-10-11-22-25(30(8,16-33)14-28(22,4)5)21(18)13-36-27-24-19(2)12-23(38-20(3)34)26-29(6,7)15-31(9,17-37-27)32(24,26)35/h10-11,19,23-24,26-27,33,35H,12-17H2,1-9H3. The van der Waals surface area contributed by atoms with Gasteiger partial charge in [0, 0.05) is 29.6 Å². The Morgan fingerprint density at radius 1 is 1.13 bits per heavy atom. The van der Waals surface area contributed by atoms with Crippen LogP contribution in [0.15, 0.2) is 12.1 Å². The van der Waals surface area contributed by atoms with Gasteiger partial charge >= 0.3 is 5.97 Å². The molecule has 1 heterocycles. The number of benzene rings is 1. The van der Waals surface area contributed by atoms with Crippen LogP contribution in [0.4, 0.5) is 0 Å². The van der Waals surface area contributed by atoms with Gasteiger partial charge < -0.3 is 24.4 Å². The predicted octanol–water partition coefficient (Wildman–Crippen LogP) is 5.17. The van der Waals surface area contributed by atoms with Crippen LogP contribution in [0.1, 0.15) is 96.9 Å². The molecule has 0 aromatic heterocycles. The minimum atomic E-state index is -1.08. The van der Waals surface area contributed by atoms with E-state index in [0.717, 1.165) is 24.0 Å². The van der Waals surface area contributed by atoms with E-state index in [1.54, 1.807) is 0 Å². The number of hydrogen-bond acceptors (Lipinski definition) is 6. The molecular weight excluding hydrogens is 480 g/mol. The highest BCUT2D eigenvalue weighted by molar-refractivity contribution is 5.66. The monoisotopic (exact) mass is 528 g/mol. The minimum Gasteiger partial charge on any atom is -0.462 e. The zero-order valence-corrected chi connectivity index (χ0v) is 24.8. The average Bonchev–Trinajstić information content (AvgIpc) is 3.10. The third-order valence-electron chi connectivity index (χ3n) is 10.9. The van der Waals surface area contributed by atoms with Crippen LogP contribution < -0.4 is 0 Å². The van der Waals surface area contributed by atoms with Crippen molar-refractivity contribution in [2.75, 3.05) is 13.2 Å². The number of aryl methyl sites for hydroxylation is 1. The number of carbonyl (C=O) groups is 1. The Morgan fingerprint density at radius 2 is 1.82 bits per heavy atom. The molecule has 5 rings (SSSR count). The smallest absolute Gasteiger partial charge is 0.302 e. The fourth-order valence-electron chi connectivity index (χ4n) is 9.85. The fourth-order valence-corrected chi connectivity index (χ4v) is 9.85. The second-order valence-corrected chi connectivity index (χ2v) is 15.0. The third-order valence-corrected chi connectivity index (χ3v) is 10.9. The van der Waals surface area contributed by atoms with E-state index >= 15 is 0 Å². The Morgan fingerprint density at radius 3 is 2.45 bits per heavy atom. The van der Waals surface area contributed by atoms with E-state index in [4.69, 9.17) is 14.2 Å². The molecule has 1 aliphatic heterocycles. The van der Waals surface area contributed by atoms with Crippen LogP contribution in [-0.4, -0.2) is 47.4 Å². The van der Waals surface area contributed by atoms with Crippen molar-refractivity contribution < 1.29 is 29.2 Å². The lowest BCUT2D eigenvalue weighted by Gasteiger charge is -2.60. The molecule has 38 heavy (non-hydrogen) atoms. The number of hydrogen-bond donors (Lipinski definition) is 2. The fraction of sp³-hybridized carbons (Fsp3) is 0.781. The van der Waals surface area contributed by atoms with Crippen molar-refractivity contribution in [3.05, 3.63) is 34.4 Å². The summed E-state index contributed by atoms with van der Waals surface area (Å²) in [6, 6.07) is 4.38. The number of aliphatic hydroxyl groups is 2. The highest BCUT2D eigenvalue weighted by atomic mass is 16.7. The van der Waals surface area contributed by atoms with Crippen molar-refractivity contribution in [3.8, 4) is 0 Å². The van der Waals surface area contributed by atoms with Crippen LogP contribution in [0.25, 0.3) is 0 Å². The minimum absolute atomic E-state index is 0.0279. The van der Waals surface area contributed by atoms with Gasteiger partial charge in [-0.25, -0.2) is 0 Å². The van der Waals surface area contributed by atoms with Crippen LogP contribution in [0.2, 0.25) is 0 Å². The maximum absolute atomic E-state index is 12.7. The molecule has 0 amide bonds. The van der Waals surface area contributed by atoms with Gasteiger partial charge in [-0.1, -0.05) is 60.6 Å².